The van der Waals surface area contributed by atoms with Crippen LogP contribution in [0.5, 0.6) is 0 Å². The SMILES string of the molecule is CCC1CCC(C)N1C(=O)N[C@H](CCC(N)=O)C(=O)O. The zero-order valence-electron chi connectivity index (χ0n) is 12.0. The number of aliphatic carboxylic acids is 1. The molecule has 7 nitrogen and oxygen atoms in total. The van der Waals surface area contributed by atoms with Crippen molar-refractivity contribution in [2.24, 2.45) is 5.73 Å². The van der Waals surface area contributed by atoms with Gasteiger partial charge in [-0.25, -0.2) is 9.59 Å². The molecule has 0 bridgehead atoms. The molecule has 3 atom stereocenters. The van der Waals surface area contributed by atoms with Gasteiger partial charge in [0.15, 0.2) is 0 Å². The van der Waals surface area contributed by atoms with Crippen molar-refractivity contribution >= 4 is 17.9 Å². The number of primary amides is 1. The molecule has 1 rings (SSSR count). The maximum absolute atomic E-state index is 12.2. The first-order chi connectivity index (χ1) is 9.36. The molecule has 2 unspecified atom stereocenters. The molecule has 1 heterocycles. The van der Waals surface area contributed by atoms with Crippen LogP contribution >= 0.6 is 0 Å². The Bertz CT molecular complexity index is 386. The van der Waals surface area contributed by atoms with Gasteiger partial charge in [-0.15, -0.1) is 0 Å². The first-order valence-electron chi connectivity index (χ1n) is 6.96. The Morgan fingerprint density at radius 3 is 2.55 bits per heavy atom. The summed E-state index contributed by atoms with van der Waals surface area (Å²) in [4.78, 5) is 35.8. The summed E-state index contributed by atoms with van der Waals surface area (Å²) < 4.78 is 0. The van der Waals surface area contributed by atoms with Gasteiger partial charge >= 0.3 is 12.0 Å². The van der Waals surface area contributed by atoms with Crippen LogP contribution in [-0.4, -0.2) is 46.0 Å². The Labute approximate surface area is 118 Å². The quantitative estimate of drug-likeness (QED) is 0.666. The van der Waals surface area contributed by atoms with Crippen LogP contribution in [0.4, 0.5) is 4.79 Å². The third-order valence-electron chi connectivity index (χ3n) is 3.77. The molecule has 4 N–H and O–H groups in total. The molecule has 7 heteroatoms. The number of carboxylic acids is 1. The molecule has 0 radical (unpaired) electrons. The summed E-state index contributed by atoms with van der Waals surface area (Å²) in [6, 6.07) is -1.21. The number of carbonyl (C=O) groups excluding carboxylic acids is 2. The Kier molecular flexibility index (Phi) is 5.79. The molecule has 0 spiro atoms. The molecule has 1 aliphatic rings. The van der Waals surface area contributed by atoms with Crippen LogP contribution in [0.2, 0.25) is 0 Å². The smallest absolute Gasteiger partial charge is 0.326 e. The molecule has 1 fully saturated rings. The number of carboxylic acid groups (broad SMARTS) is 1. The van der Waals surface area contributed by atoms with Crippen molar-refractivity contribution < 1.29 is 19.5 Å². The van der Waals surface area contributed by atoms with Gasteiger partial charge in [0.25, 0.3) is 0 Å². The molecular formula is C13H23N3O4. The number of nitrogens with zero attached hydrogens (tertiary/aromatic N) is 1. The second-order valence-electron chi connectivity index (χ2n) is 5.24. The van der Waals surface area contributed by atoms with E-state index < -0.39 is 17.9 Å². The largest absolute Gasteiger partial charge is 0.480 e. The minimum Gasteiger partial charge on any atom is -0.480 e. The van der Waals surface area contributed by atoms with E-state index in [4.69, 9.17) is 10.8 Å². The Balaban J connectivity index is 2.65. The Hall–Kier alpha value is -1.79. The van der Waals surface area contributed by atoms with Crippen molar-refractivity contribution in [1.29, 1.82) is 0 Å². The van der Waals surface area contributed by atoms with Crippen LogP contribution < -0.4 is 11.1 Å². The number of urea groups is 1. The van der Waals surface area contributed by atoms with Gasteiger partial charge in [0.2, 0.25) is 5.91 Å². The molecule has 1 saturated heterocycles. The molecule has 0 aromatic heterocycles. The lowest BCUT2D eigenvalue weighted by Crippen LogP contribution is -2.51. The molecule has 0 aromatic rings. The standard InChI is InChI=1S/C13H23N3O4/c1-3-9-5-4-8(2)16(9)13(20)15-10(12(18)19)6-7-11(14)17/h8-10H,3-7H2,1-2H3,(H2,14,17)(H,15,20)(H,18,19)/t8?,9?,10-/m1/s1. The number of rotatable bonds is 6. The van der Waals surface area contributed by atoms with E-state index in [9.17, 15) is 14.4 Å². The van der Waals surface area contributed by atoms with Gasteiger partial charge in [0.1, 0.15) is 6.04 Å². The van der Waals surface area contributed by atoms with E-state index in [0.717, 1.165) is 19.3 Å². The summed E-state index contributed by atoms with van der Waals surface area (Å²) in [6.45, 7) is 3.96. The molecule has 0 aromatic carbocycles. The molecule has 0 saturated carbocycles. The van der Waals surface area contributed by atoms with Gasteiger partial charge in [0, 0.05) is 18.5 Å². The summed E-state index contributed by atoms with van der Waals surface area (Å²) in [7, 11) is 0. The van der Waals surface area contributed by atoms with Crippen LogP contribution in [0.3, 0.4) is 0 Å². The maximum atomic E-state index is 12.2. The minimum absolute atomic E-state index is 0.00934. The molecule has 0 aliphatic carbocycles. The van der Waals surface area contributed by atoms with E-state index >= 15 is 0 Å². The van der Waals surface area contributed by atoms with Gasteiger partial charge < -0.3 is 21.1 Å². The van der Waals surface area contributed by atoms with Crippen molar-refractivity contribution in [3.63, 3.8) is 0 Å². The average Bonchev–Trinajstić information content (AvgIpc) is 2.74. The van der Waals surface area contributed by atoms with Crippen molar-refractivity contribution in [1.82, 2.24) is 10.2 Å². The lowest BCUT2D eigenvalue weighted by atomic mass is 10.1. The molecule has 1 aliphatic heterocycles. The molecule has 3 amide bonds. The van der Waals surface area contributed by atoms with Crippen LogP contribution in [0.25, 0.3) is 0 Å². The predicted molar refractivity (Wildman–Crippen MR) is 73.0 cm³/mol. The number of hydrogen-bond donors (Lipinski definition) is 3. The highest BCUT2D eigenvalue weighted by molar-refractivity contribution is 5.83. The van der Waals surface area contributed by atoms with Crippen molar-refractivity contribution in [2.45, 2.75) is 64.1 Å². The monoisotopic (exact) mass is 285 g/mol. The van der Waals surface area contributed by atoms with Gasteiger partial charge in [-0.05, 0) is 32.6 Å². The highest BCUT2D eigenvalue weighted by Crippen LogP contribution is 2.25. The zero-order valence-corrected chi connectivity index (χ0v) is 12.0. The summed E-state index contributed by atoms with van der Waals surface area (Å²) in [6.07, 6.45) is 2.64. The van der Waals surface area contributed by atoms with Crippen molar-refractivity contribution in [3.8, 4) is 0 Å². The number of amides is 3. The van der Waals surface area contributed by atoms with E-state index in [1.807, 2.05) is 13.8 Å². The van der Waals surface area contributed by atoms with Gasteiger partial charge in [-0.1, -0.05) is 6.92 Å². The Morgan fingerprint density at radius 2 is 2.05 bits per heavy atom. The number of nitrogens with two attached hydrogens (primary N) is 1. The van der Waals surface area contributed by atoms with Crippen LogP contribution in [0, 0.1) is 0 Å². The summed E-state index contributed by atoms with van der Waals surface area (Å²) in [5.74, 6) is -1.73. The van der Waals surface area contributed by atoms with E-state index in [1.54, 1.807) is 4.90 Å². The van der Waals surface area contributed by atoms with Crippen LogP contribution in [-0.2, 0) is 9.59 Å². The second kappa shape index (κ2) is 7.12. The van der Waals surface area contributed by atoms with Gasteiger partial charge in [-0.3, -0.25) is 4.79 Å². The fraction of sp³-hybridized carbons (Fsp3) is 0.769. The maximum Gasteiger partial charge on any atom is 0.326 e. The fourth-order valence-corrected chi connectivity index (χ4v) is 2.61. The van der Waals surface area contributed by atoms with Crippen molar-refractivity contribution in [3.05, 3.63) is 0 Å². The first-order valence-corrected chi connectivity index (χ1v) is 6.96. The molecule has 20 heavy (non-hydrogen) atoms. The fourth-order valence-electron chi connectivity index (χ4n) is 2.61. The molecular weight excluding hydrogens is 262 g/mol. The highest BCUT2D eigenvalue weighted by Gasteiger charge is 2.34. The second-order valence-corrected chi connectivity index (χ2v) is 5.24. The third-order valence-corrected chi connectivity index (χ3v) is 3.77. The normalized spacial score (nSPS) is 23.4. The van der Waals surface area contributed by atoms with E-state index in [0.29, 0.717) is 0 Å². The van der Waals surface area contributed by atoms with Crippen LogP contribution in [0.1, 0.15) is 46.0 Å². The highest BCUT2D eigenvalue weighted by atomic mass is 16.4. The summed E-state index contributed by atoms with van der Waals surface area (Å²) in [5.41, 5.74) is 5.00. The predicted octanol–water partition coefficient (Wildman–Crippen LogP) is 0.678. The molecule has 114 valence electrons. The number of nitrogens with one attached hydrogen (secondary N) is 1. The van der Waals surface area contributed by atoms with Crippen LogP contribution in [0.15, 0.2) is 0 Å². The number of carbonyl (C=O) groups is 3. The summed E-state index contributed by atoms with van der Waals surface area (Å²) >= 11 is 0. The lowest BCUT2D eigenvalue weighted by molar-refractivity contribution is -0.139. The Morgan fingerprint density at radius 1 is 1.40 bits per heavy atom. The minimum atomic E-state index is -1.15. The van der Waals surface area contributed by atoms with E-state index in [2.05, 4.69) is 5.32 Å². The zero-order chi connectivity index (χ0) is 15.3. The number of hydrogen-bond acceptors (Lipinski definition) is 3. The van der Waals surface area contributed by atoms with E-state index in [-0.39, 0.29) is 31.0 Å². The average molecular weight is 285 g/mol. The van der Waals surface area contributed by atoms with Crippen molar-refractivity contribution in [2.75, 3.05) is 0 Å². The van der Waals surface area contributed by atoms with E-state index in [1.165, 1.54) is 0 Å². The topological polar surface area (TPSA) is 113 Å². The van der Waals surface area contributed by atoms with Gasteiger partial charge in [0.05, 0.1) is 0 Å². The third kappa shape index (κ3) is 4.11. The summed E-state index contributed by atoms with van der Waals surface area (Å²) in [5, 5.41) is 11.6. The number of likely N-dealkylation sites (tertiary alicyclic amines) is 1. The first kappa shape index (κ1) is 16.3. The lowest BCUT2D eigenvalue weighted by Gasteiger charge is -2.29. The van der Waals surface area contributed by atoms with Gasteiger partial charge in [-0.2, -0.15) is 0 Å².